The third-order valence-corrected chi connectivity index (χ3v) is 3.61. The van der Waals surface area contributed by atoms with Crippen LogP contribution in [0.5, 0.6) is 0 Å². The molecule has 0 saturated carbocycles. The van der Waals surface area contributed by atoms with Crippen molar-refractivity contribution in [3.05, 3.63) is 77.7 Å². The van der Waals surface area contributed by atoms with E-state index in [1.54, 1.807) is 17.1 Å². The minimum atomic E-state index is -0.118. The highest BCUT2D eigenvalue weighted by molar-refractivity contribution is 5.95. The Morgan fingerprint density at radius 3 is 2.61 bits per heavy atom. The third-order valence-electron chi connectivity index (χ3n) is 3.61. The van der Waals surface area contributed by atoms with Crippen molar-refractivity contribution in [3.63, 3.8) is 0 Å². The molecule has 1 aromatic carbocycles. The number of rotatable bonds is 5. The first kappa shape index (κ1) is 15.0. The number of aromatic nitrogens is 3. The van der Waals surface area contributed by atoms with Crippen molar-refractivity contribution in [1.29, 1.82) is 0 Å². The highest BCUT2D eigenvalue weighted by atomic mass is 16.1. The standard InChI is InChI=1S/C18H18N4O/c1-2-16-15(13-21-22(16)17-10-6-7-11-19-17)18(23)20-12-14-8-4-3-5-9-14/h3-11,13H,2,12H2,1H3,(H,20,23). The molecular weight excluding hydrogens is 288 g/mol. The number of hydrogen-bond acceptors (Lipinski definition) is 3. The zero-order valence-electron chi connectivity index (χ0n) is 12.9. The molecule has 0 aliphatic heterocycles. The second-order valence-corrected chi connectivity index (χ2v) is 5.13. The molecule has 0 saturated heterocycles. The highest BCUT2D eigenvalue weighted by Gasteiger charge is 2.17. The Morgan fingerprint density at radius 1 is 1.13 bits per heavy atom. The molecule has 0 bridgehead atoms. The lowest BCUT2D eigenvalue weighted by Gasteiger charge is -2.08. The fourth-order valence-electron chi connectivity index (χ4n) is 2.45. The highest BCUT2D eigenvalue weighted by Crippen LogP contribution is 2.14. The van der Waals surface area contributed by atoms with Gasteiger partial charge in [0.2, 0.25) is 0 Å². The Kier molecular flexibility index (Phi) is 4.47. The fraction of sp³-hybridized carbons (Fsp3) is 0.167. The van der Waals surface area contributed by atoms with Crippen molar-refractivity contribution >= 4 is 5.91 Å². The SMILES string of the molecule is CCc1c(C(=O)NCc2ccccc2)cnn1-c1ccccn1. The van der Waals surface area contributed by atoms with Gasteiger partial charge in [0.25, 0.3) is 5.91 Å². The lowest BCUT2D eigenvalue weighted by atomic mass is 10.1. The van der Waals surface area contributed by atoms with Crippen molar-refractivity contribution in [1.82, 2.24) is 20.1 Å². The summed E-state index contributed by atoms with van der Waals surface area (Å²) in [6.45, 7) is 2.50. The van der Waals surface area contributed by atoms with Crippen molar-refractivity contribution < 1.29 is 4.79 Å². The van der Waals surface area contributed by atoms with Crippen molar-refractivity contribution in [2.45, 2.75) is 19.9 Å². The maximum atomic E-state index is 12.5. The van der Waals surface area contributed by atoms with E-state index < -0.39 is 0 Å². The van der Waals surface area contributed by atoms with Gasteiger partial charge in [0, 0.05) is 12.7 Å². The first-order chi connectivity index (χ1) is 11.3. The Balaban J connectivity index is 1.80. The smallest absolute Gasteiger partial charge is 0.255 e. The van der Waals surface area contributed by atoms with Crippen molar-refractivity contribution in [2.75, 3.05) is 0 Å². The number of nitrogens with zero attached hydrogens (tertiary/aromatic N) is 3. The molecule has 0 unspecified atom stereocenters. The number of hydrogen-bond donors (Lipinski definition) is 1. The van der Waals surface area contributed by atoms with E-state index in [9.17, 15) is 4.79 Å². The second kappa shape index (κ2) is 6.87. The van der Waals surface area contributed by atoms with Gasteiger partial charge in [0.05, 0.1) is 17.5 Å². The Bertz CT molecular complexity index is 781. The van der Waals surface area contributed by atoms with E-state index in [1.165, 1.54) is 0 Å². The molecule has 2 heterocycles. The van der Waals surface area contributed by atoms with Gasteiger partial charge in [0.1, 0.15) is 0 Å². The van der Waals surface area contributed by atoms with Gasteiger partial charge >= 0.3 is 0 Å². The molecule has 0 aliphatic rings. The second-order valence-electron chi connectivity index (χ2n) is 5.13. The van der Waals surface area contributed by atoms with Crippen LogP contribution in [0.25, 0.3) is 5.82 Å². The van der Waals surface area contributed by atoms with Gasteiger partial charge in [-0.05, 0) is 24.1 Å². The van der Waals surface area contributed by atoms with Crippen LogP contribution in [0.2, 0.25) is 0 Å². The molecule has 0 radical (unpaired) electrons. The molecule has 1 N–H and O–H groups in total. The minimum absolute atomic E-state index is 0.118. The predicted octanol–water partition coefficient (Wildman–Crippen LogP) is 2.76. The molecule has 0 fully saturated rings. The Morgan fingerprint density at radius 2 is 1.91 bits per heavy atom. The summed E-state index contributed by atoms with van der Waals surface area (Å²) in [5.41, 5.74) is 2.51. The van der Waals surface area contributed by atoms with Crippen LogP contribution in [0.15, 0.2) is 60.9 Å². The first-order valence-electron chi connectivity index (χ1n) is 7.60. The molecule has 5 heteroatoms. The zero-order valence-corrected chi connectivity index (χ0v) is 12.9. The van der Waals surface area contributed by atoms with Crippen LogP contribution >= 0.6 is 0 Å². The van der Waals surface area contributed by atoms with Crippen LogP contribution in [0.4, 0.5) is 0 Å². The summed E-state index contributed by atoms with van der Waals surface area (Å²) in [5.74, 6) is 0.597. The maximum Gasteiger partial charge on any atom is 0.255 e. The number of benzene rings is 1. The molecule has 0 spiro atoms. The van der Waals surface area contributed by atoms with E-state index >= 15 is 0 Å². The van der Waals surface area contributed by atoms with Gasteiger partial charge in [0.15, 0.2) is 5.82 Å². The lowest BCUT2D eigenvalue weighted by molar-refractivity contribution is 0.0950. The van der Waals surface area contributed by atoms with E-state index in [0.29, 0.717) is 24.3 Å². The molecule has 3 aromatic rings. The normalized spacial score (nSPS) is 10.5. The monoisotopic (exact) mass is 306 g/mol. The summed E-state index contributed by atoms with van der Waals surface area (Å²) in [5, 5.41) is 7.27. The molecule has 5 nitrogen and oxygen atoms in total. The number of carbonyl (C=O) groups is 1. The van der Waals surface area contributed by atoms with Crippen molar-refractivity contribution in [3.8, 4) is 5.82 Å². The quantitative estimate of drug-likeness (QED) is 0.788. The minimum Gasteiger partial charge on any atom is -0.348 e. The van der Waals surface area contributed by atoms with E-state index in [4.69, 9.17) is 0 Å². The lowest BCUT2D eigenvalue weighted by Crippen LogP contribution is -2.23. The molecule has 1 amide bonds. The Labute approximate surface area is 135 Å². The van der Waals surface area contributed by atoms with Crippen LogP contribution in [-0.4, -0.2) is 20.7 Å². The van der Waals surface area contributed by atoms with E-state index in [0.717, 1.165) is 11.3 Å². The van der Waals surface area contributed by atoms with Gasteiger partial charge in [-0.15, -0.1) is 0 Å². The molecule has 23 heavy (non-hydrogen) atoms. The average Bonchev–Trinajstić information content (AvgIpc) is 3.05. The molecule has 0 aliphatic carbocycles. The topological polar surface area (TPSA) is 59.8 Å². The Hall–Kier alpha value is -2.95. The largest absolute Gasteiger partial charge is 0.348 e. The summed E-state index contributed by atoms with van der Waals surface area (Å²) in [6, 6.07) is 15.5. The fourth-order valence-corrected chi connectivity index (χ4v) is 2.45. The summed E-state index contributed by atoms with van der Waals surface area (Å²) in [6.07, 6.45) is 4.02. The van der Waals surface area contributed by atoms with E-state index in [1.807, 2.05) is 55.5 Å². The summed E-state index contributed by atoms with van der Waals surface area (Å²) >= 11 is 0. The van der Waals surface area contributed by atoms with Crippen LogP contribution in [0, 0.1) is 0 Å². The third kappa shape index (κ3) is 3.29. The molecule has 116 valence electrons. The summed E-state index contributed by atoms with van der Waals surface area (Å²) in [7, 11) is 0. The van der Waals surface area contributed by atoms with Gasteiger partial charge in [-0.1, -0.05) is 43.3 Å². The summed E-state index contributed by atoms with van der Waals surface area (Å²) < 4.78 is 1.72. The number of amides is 1. The average molecular weight is 306 g/mol. The maximum absolute atomic E-state index is 12.5. The van der Waals surface area contributed by atoms with Gasteiger partial charge in [-0.25, -0.2) is 9.67 Å². The van der Waals surface area contributed by atoms with Crippen molar-refractivity contribution in [2.24, 2.45) is 0 Å². The van der Waals surface area contributed by atoms with Crippen LogP contribution in [0.1, 0.15) is 28.5 Å². The van der Waals surface area contributed by atoms with Gasteiger partial charge in [-0.2, -0.15) is 5.10 Å². The van der Waals surface area contributed by atoms with E-state index in [2.05, 4.69) is 15.4 Å². The predicted molar refractivity (Wildman–Crippen MR) is 88.3 cm³/mol. The van der Waals surface area contributed by atoms with E-state index in [-0.39, 0.29) is 5.91 Å². The number of pyridine rings is 1. The summed E-state index contributed by atoms with van der Waals surface area (Å²) in [4.78, 5) is 16.8. The molecular formula is C18H18N4O. The van der Waals surface area contributed by atoms with Crippen LogP contribution in [-0.2, 0) is 13.0 Å². The van der Waals surface area contributed by atoms with Crippen LogP contribution in [0.3, 0.4) is 0 Å². The number of carbonyl (C=O) groups excluding carboxylic acids is 1. The molecule has 3 rings (SSSR count). The first-order valence-corrected chi connectivity index (χ1v) is 7.60. The van der Waals surface area contributed by atoms with Gasteiger partial charge < -0.3 is 5.32 Å². The van der Waals surface area contributed by atoms with Crippen LogP contribution < -0.4 is 5.32 Å². The molecule has 2 aromatic heterocycles. The van der Waals surface area contributed by atoms with Gasteiger partial charge in [-0.3, -0.25) is 4.79 Å². The number of nitrogens with one attached hydrogen (secondary N) is 1. The molecule has 0 atom stereocenters. The zero-order chi connectivity index (χ0) is 16.1.